The van der Waals surface area contributed by atoms with E-state index in [2.05, 4.69) is 10.6 Å². The van der Waals surface area contributed by atoms with Crippen molar-refractivity contribution in [1.29, 1.82) is 0 Å². The zero-order valence-electron chi connectivity index (χ0n) is 8.35. The van der Waals surface area contributed by atoms with Crippen LogP contribution in [0.5, 0.6) is 0 Å². The normalized spacial score (nSPS) is 18.5. The van der Waals surface area contributed by atoms with E-state index in [1.807, 2.05) is 0 Å². The minimum Gasteiger partial charge on any atom is -0.344 e. The molecule has 2 aliphatic rings. The average Bonchev–Trinajstić information content (AvgIpc) is 2.67. The zero-order chi connectivity index (χ0) is 7.07. The summed E-state index contributed by atoms with van der Waals surface area (Å²) in [7, 11) is 0. The van der Waals surface area contributed by atoms with E-state index in [1.165, 1.54) is 51.9 Å². The van der Waals surface area contributed by atoms with E-state index < -0.39 is 0 Å². The van der Waals surface area contributed by atoms with Crippen molar-refractivity contribution in [1.82, 2.24) is 16.8 Å². The first-order chi connectivity index (χ1) is 5.00. The summed E-state index contributed by atoms with van der Waals surface area (Å²) in [5.74, 6) is 0. The van der Waals surface area contributed by atoms with Crippen LogP contribution in [0.1, 0.15) is 25.7 Å². The van der Waals surface area contributed by atoms with Crippen LogP contribution in [0.25, 0.3) is 0 Å². The van der Waals surface area contributed by atoms with Gasteiger partial charge >= 0.3 is 0 Å². The highest BCUT2D eigenvalue weighted by Gasteiger charge is 1.93. The van der Waals surface area contributed by atoms with Crippen LogP contribution in [0.2, 0.25) is 0 Å². The van der Waals surface area contributed by atoms with Crippen LogP contribution in [0.15, 0.2) is 0 Å². The third-order valence-electron chi connectivity index (χ3n) is 1.91. The molecule has 2 heterocycles. The quantitative estimate of drug-likeness (QED) is 0.492. The fourth-order valence-corrected chi connectivity index (χ4v) is 1.25. The summed E-state index contributed by atoms with van der Waals surface area (Å²) in [6.07, 6.45) is 5.56. The van der Waals surface area contributed by atoms with Crippen LogP contribution < -0.4 is 16.8 Å². The molecule has 3 radical (unpaired) electrons. The first-order valence-electron chi connectivity index (χ1n) is 4.41. The van der Waals surface area contributed by atoms with Gasteiger partial charge < -0.3 is 16.8 Å². The molecule has 2 fully saturated rings. The lowest BCUT2D eigenvalue weighted by molar-refractivity contribution is 0.857. The Morgan fingerprint density at radius 3 is 0.923 bits per heavy atom. The lowest BCUT2D eigenvalue weighted by atomic mass is 10.4. The van der Waals surface area contributed by atoms with E-state index in [1.54, 1.807) is 0 Å². The van der Waals surface area contributed by atoms with Gasteiger partial charge in [0.05, 0.1) is 0 Å². The van der Waals surface area contributed by atoms with Crippen molar-refractivity contribution >= 4 is 8.41 Å². The second-order valence-corrected chi connectivity index (χ2v) is 2.91. The Balaban J connectivity index is -0.000000125. The number of nitrogens with one attached hydrogen (secondary N) is 2. The van der Waals surface area contributed by atoms with Gasteiger partial charge in [-0.25, -0.2) is 0 Å². The van der Waals surface area contributed by atoms with Crippen LogP contribution in [0, 0.1) is 0 Å². The topological polar surface area (TPSA) is 59.1 Å². The van der Waals surface area contributed by atoms with Gasteiger partial charge in [0.2, 0.25) is 0 Å². The van der Waals surface area contributed by atoms with E-state index in [-0.39, 0.29) is 19.3 Å². The van der Waals surface area contributed by atoms with Crippen LogP contribution in [-0.4, -0.2) is 34.6 Å². The maximum absolute atomic E-state index is 3.22. The molecule has 0 amide bonds. The van der Waals surface area contributed by atoms with Crippen LogP contribution >= 0.6 is 0 Å². The summed E-state index contributed by atoms with van der Waals surface area (Å²) in [5, 5.41) is 6.44. The summed E-state index contributed by atoms with van der Waals surface area (Å²) >= 11 is 0. The third kappa shape index (κ3) is 11.9. The van der Waals surface area contributed by atoms with Gasteiger partial charge in [-0.15, -0.1) is 0 Å². The smallest absolute Gasteiger partial charge is 0 e. The SMILES string of the molecule is C1CCNC1.C1CCNC1.F.N.[B]. The largest absolute Gasteiger partial charge is 0.344 e. The standard InChI is InChI=1S/2C4H9N.B.FH.H3N/c2*1-2-4-5-3-1;;;/h2*5H,1-4H2;;1H;1H3. The van der Waals surface area contributed by atoms with Gasteiger partial charge in [0.25, 0.3) is 0 Å². The monoisotopic (exact) mass is 190 g/mol. The zero-order valence-corrected chi connectivity index (χ0v) is 8.35. The molecule has 0 saturated carbocycles. The van der Waals surface area contributed by atoms with Gasteiger partial charge in [0, 0.05) is 8.41 Å². The Morgan fingerprint density at radius 1 is 0.615 bits per heavy atom. The number of halogens is 1. The van der Waals surface area contributed by atoms with Crippen molar-refractivity contribution in [3.8, 4) is 0 Å². The van der Waals surface area contributed by atoms with Crippen LogP contribution in [0.3, 0.4) is 0 Å². The Hall–Kier alpha value is -0.125. The van der Waals surface area contributed by atoms with Gasteiger partial charge in [0.1, 0.15) is 0 Å². The minimum absolute atomic E-state index is 0. The predicted molar refractivity (Wildman–Crippen MR) is 57.5 cm³/mol. The van der Waals surface area contributed by atoms with E-state index in [4.69, 9.17) is 0 Å². The molecule has 0 spiro atoms. The Bertz CT molecular complexity index is 52.6. The maximum Gasteiger partial charge on any atom is 0 e. The highest BCUT2D eigenvalue weighted by molar-refractivity contribution is 5.75. The molecule has 13 heavy (non-hydrogen) atoms. The second-order valence-electron chi connectivity index (χ2n) is 2.91. The van der Waals surface area contributed by atoms with Crippen molar-refractivity contribution < 1.29 is 4.70 Å². The highest BCUT2D eigenvalue weighted by atomic mass is 19.0. The minimum atomic E-state index is 0. The molecule has 0 atom stereocenters. The second kappa shape index (κ2) is 14.4. The Morgan fingerprint density at radius 2 is 0.846 bits per heavy atom. The molecule has 0 aromatic rings. The van der Waals surface area contributed by atoms with Gasteiger partial charge in [0.15, 0.2) is 0 Å². The molecule has 2 rings (SSSR count). The summed E-state index contributed by atoms with van der Waals surface area (Å²) in [6.45, 7) is 5.00. The molecule has 0 bridgehead atoms. The Labute approximate surface area is 82.6 Å². The lowest BCUT2D eigenvalue weighted by Crippen LogP contribution is -2.03. The molecule has 3 nitrogen and oxygen atoms in total. The van der Waals surface area contributed by atoms with Gasteiger partial charge in [-0.3, -0.25) is 4.70 Å². The van der Waals surface area contributed by atoms with Crippen molar-refractivity contribution in [3.05, 3.63) is 0 Å². The summed E-state index contributed by atoms with van der Waals surface area (Å²) in [4.78, 5) is 0. The molecule has 5 N–H and O–H groups in total. The molecule has 0 aliphatic carbocycles. The lowest BCUT2D eigenvalue weighted by Gasteiger charge is -1.76. The van der Waals surface area contributed by atoms with Crippen molar-refractivity contribution in [2.24, 2.45) is 0 Å². The summed E-state index contributed by atoms with van der Waals surface area (Å²) < 4.78 is 0. The molecular weight excluding hydrogens is 168 g/mol. The highest BCUT2D eigenvalue weighted by Crippen LogP contribution is 1.90. The molecule has 0 aromatic carbocycles. The number of rotatable bonds is 0. The van der Waals surface area contributed by atoms with Crippen LogP contribution in [-0.2, 0) is 0 Å². The summed E-state index contributed by atoms with van der Waals surface area (Å²) in [6, 6.07) is 0. The Kier molecular flexibility index (Phi) is 20.6. The molecule has 2 aliphatic heterocycles. The molecule has 2 saturated heterocycles. The fraction of sp³-hybridized carbons (Fsp3) is 1.00. The van der Waals surface area contributed by atoms with Crippen molar-refractivity contribution in [3.63, 3.8) is 0 Å². The molecular formula is C8H22BFN3. The fourth-order valence-electron chi connectivity index (χ4n) is 1.25. The first-order valence-corrected chi connectivity index (χ1v) is 4.41. The summed E-state index contributed by atoms with van der Waals surface area (Å²) in [5.41, 5.74) is 0. The molecule has 0 unspecified atom stereocenters. The maximum atomic E-state index is 3.22. The number of hydrogen-bond donors (Lipinski definition) is 3. The predicted octanol–water partition coefficient (Wildman–Crippen LogP) is 0.673. The van der Waals surface area contributed by atoms with E-state index in [0.29, 0.717) is 0 Å². The van der Waals surface area contributed by atoms with E-state index in [9.17, 15) is 0 Å². The van der Waals surface area contributed by atoms with Gasteiger partial charge in [-0.1, -0.05) is 0 Å². The van der Waals surface area contributed by atoms with E-state index in [0.717, 1.165) is 0 Å². The first kappa shape index (κ1) is 18.6. The van der Waals surface area contributed by atoms with Gasteiger partial charge in [-0.05, 0) is 51.9 Å². The van der Waals surface area contributed by atoms with Crippen molar-refractivity contribution in [2.75, 3.05) is 26.2 Å². The number of hydrogen-bond acceptors (Lipinski definition) is 3. The average molecular weight is 190 g/mol. The van der Waals surface area contributed by atoms with Crippen LogP contribution in [0.4, 0.5) is 4.70 Å². The molecule has 79 valence electrons. The van der Waals surface area contributed by atoms with Crippen molar-refractivity contribution in [2.45, 2.75) is 25.7 Å². The molecule has 0 aromatic heterocycles. The third-order valence-corrected chi connectivity index (χ3v) is 1.91. The van der Waals surface area contributed by atoms with E-state index >= 15 is 0 Å². The molecule has 5 heteroatoms. The van der Waals surface area contributed by atoms with Gasteiger partial charge in [-0.2, -0.15) is 0 Å².